The zero-order chi connectivity index (χ0) is 21.6. The van der Waals surface area contributed by atoms with Crippen LogP contribution in [0.5, 0.6) is 0 Å². The van der Waals surface area contributed by atoms with Crippen LogP contribution in [0.15, 0.2) is 40.8 Å². The Morgan fingerprint density at radius 2 is 1.83 bits per heavy atom. The van der Waals surface area contributed by atoms with E-state index in [-0.39, 0.29) is 24.3 Å². The second-order valence-corrected chi connectivity index (χ2v) is 7.38. The Morgan fingerprint density at radius 1 is 1.17 bits per heavy atom. The van der Waals surface area contributed by atoms with Crippen LogP contribution in [0.2, 0.25) is 0 Å². The molecule has 2 amide bonds. The van der Waals surface area contributed by atoms with E-state index in [2.05, 4.69) is 5.32 Å². The SMILES string of the molecule is COC(=O)c1cc(CN(C)C(=O)C(NC(=O)CC(C)C)c2ccccc2)oc1C. The van der Waals surface area contributed by atoms with Crippen LogP contribution in [0.1, 0.15) is 53.8 Å². The van der Waals surface area contributed by atoms with Gasteiger partial charge in [0.05, 0.1) is 13.7 Å². The van der Waals surface area contributed by atoms with Gasteiger partial charge in [0.1, 0.15) is 23.1 Å². The number of ether oxygens (including phenoxy) is 1. The highest BCUT2D eigenvalue weighted by Crippen LogP contribution is 2.20. The second-order valence-electron chi connectivity index (χ2n) is 7.38. The Balaban J connectivity index is 2.19. The summed E-state index contributed by atoms with van der Waals surface area (Å²) in [4.78, 5) is 38.7. The van der Waals surface area contributed by atoms with Gasteiger partial charge < -0.3 is 19.4 Å². The van der Waals surface area contributed by atoms with Gasteiger partial charge in [-0.25, -0.2) is 4.79 Å². The third-order valence-corrected chi connectivity index (χ3v) is 4.42. The van der Waals surface area contributed by atoms with E-state index < -0.39 is 12.0 Å². The lowest BCUT2D eigenvalue weighted by Gasteiger charge is -2.24. The number of carbonyl (C=O) groups excluding carboxylic acids is 3. The van der Waals surface area contributed by atoms with Gasteiger partial charge in [-0.3, -0.25) is 9.59 Å². The first-order chi connectivity index (χ1) is 13.7. The zero-order valence-electron chi connectivity index (χ0n) is 17.5. The lowest BCUT2D eigenvalue weighted by Crippen LogP contribution is -2.41. The maximum absolute atomic E-state index is 13.1. The number of amides is 2. The molecule has 1 unspecified atom stereocenters. The smallest absolute Gasteiger partial charge is 0.341 e. The van der Waals surface area contributed by atoms with Crippen LogP contribution in [0.4, 0.5) is 0 Å². The average molecular weight is 400 g/mol. The molecule has 156 valence electrons. The van der Waals surface area contributed by atoms with Crippen molar-refractivity contribution in [3.8, 4) is 0 Å². The number of likely N-dealkylation sites (N-methyl/N-ethyl adjacent to an activating group) is 1. The first-order valence-corrected chi connectivity index (χ1v) is 9.49. The Morgan fingerprint density at radius 3 is 2.41 bits per heavy atom. The van der Waals surface area contributed by atoms with Gasteiger partial charge >= 0.3 is 5.97 Å². The number of furan rings is 1. The zero-order valence-corrected chi connectivity index (χ0v) is 17.5. The molecule has 0 aliphatic heterocycles. The summed E-state index contributed by atoms with van der Waals surface area (Å²) in [7, 11) is 2.93. The number of nitrogens with one attached hydrogen (secondary N) is 1. The summed E-state index contributed by atoms with van der Waals surface area (Å²) in [6.45, 7) is 5.71. The van der Waals surface area contributed by atoms with Crippen molar-refractivity contribution in [3.63, 3.8) is 0 Å². The Kier molecular flexibility index (Phi) is 7.59. The van der Waals surface area contributed by atoms with Crippen molar-refractivity contribution in [2.75, 3.05) is 14.2 Å². The van der Waals surface area contributed by atoms with E-state index in [1.165, 1.54) is 12.0 Å². The van der Waals surface area contributed by atoms with E-state index in [0.29, 0.717) is 29.1 Å². The summed E-state index contributed by atoms with van der Waals surface area (Å²) in [6.07, 6.45) is 0.334. The maximum Gasteiger partial charge on any atom is 0.341 e. The minimum Gasteiger partial charge on any atom is -0.465 e. The number of hydrogen-bond donors (Lipinski definition) is 1. The number of esters is 1. The molecule has 0 spiro atoms. The molecule has 0 aliphatic carbocycles. The van der Waals surface area contributed by atoms with Crippen LogP contribution in [0, 0.1) is 12.8 Å². The molecule has 1 atom stereocenters. The van der Waals surface area contributed by atoms with Crippen molar-refractivity contribution in [3.05, 3.63) is 59.0 Å². The molecule has 7 heteroatoms. The predicted octanol–water partition coefficient (Wildman–Crippen LogP) is 3.24. The van der Waals surface area contributed by atoms with Gasteiger partial charge in [-0.05, 0) is 24.5 Å². The maximum atomic E-state index is 13.1. The fraction of sp³-hybridized carbons (Fsp3) is 0.409. The molecule has 2 aromatic rings. The van der Waals surface area contributed by atoms with Crippen LogP contribution in [-0.2, 0) is 20.9 Å². The van der Waals surface area contributed by atoms with E-state index >= 15 is 0 Å². The van der Waals surface area contributed by atoms with Crippen LogP contribution >= 0.6 is 0 Å². The molecular formula is C22H28N2O5. The number of rotatable bonds is 8. The second kappa shape index (κ2) is 9.91. The Bertz CT molecular complexity index is 857. The van der Waals surface area contributed by atoms with E-state index in [1.54, 1.807) is 32.2 Å². The van der Waals surface area contributed by atoms with Crippen LogP contribution < -0.4 is 5.32 Å². The molecule has 29 heavy (non-hydrogen) atoms. The average Bonchev–Trinajstić information content (AvgIpc) is 3.05. The van der Waals surface area contributed by atoms with Crippen LogP contribution in [-0.4, -0.2) is 36.8 Å². The quantitative estimate of drug-likeness (QED) is 0.687. The van der Waals surface area contributed by atoms with Gasteiger partial charge in [-0.15, -0.1) is 0 Å². The fourth-order valence-corrected chi connectivity index (χ4v) is 2.99. The monoisotopic (exact) mass is 400 g/mol. The number of benzene rings is 1. The van der Waals surface area contributed by atoms with Gasteiger partial charge in [0.25, 0.3) is 0 Å². The van der Waals surface area contributed by atoms with Crippen molar-refractivity contribution < 1.29 is 23.5 Å². The molecule has 0 fully saturated rings. The molecule has 2 rings (SSSR count). The lowest BCUT2D eigenvalue weighted by molar-refractivity contribution is -0.136. The van der Waals surface area contributed by atoms with Crippen molar-refractivity contribution >= 4 is 17.8 Å². The first-order valence-electron chi connectivity index (χ1n) is 9.49. The van der Waals surface area contributed by atoms with E-state index in [1.807, 2.05) is 32.0 Å². The van der Waals surface area contributed by atoms with E-state index in [4.69, 9.17) is 9.15 Å². The van der Waals surface area contributed by atoms with Gasteiger partial charge in [0, 0.05) is 13.5 Å². The molecule has 1 aromatic carbocycles. The minimum absolute atomic E-state index is 0.153. The van der Waals surface area contributed by atoms with Crippen molar-refractivity contribution in [2.24, 2.45) is 5.92 Å². The number of nitrogens with zero attached hydrogens (tertiary/aromatic N) is 1. The minimum atomic E-state index is -0.802. The molecule has 0 saturated heterocycles. The highest BCUT2D eigenvalue weighted by atomic mass is 16.5. The molecule has 1 aromatic heterocycles. The number of aryl methyl sites for hydroxylation is 1. The summed E-state index contributed by atoms with van der Waals surface area (Å²) in [5.41, 5.74) is 1.03. The molecule has 0 saturated carbocycles. The molecular weight excluding hydrogens is 372 g/mol. The number of hydrogen-bond acceptors (Lipinski definition) is 5. The molecule has 0 radical (unpaired) electrons. The topological polar surface area (TPSA) is 88.9 Å². The summed E-state index contributed by atoms with van der Waals surface area (Å²) in [5.74, 6) is 0.118. The van der Waals surface area contributed by atoms with Crippen molar-refractivity contribution in [1.82, 2.24) is 10.2 Å². The molecule has 0 bridgehead atoms. The number of methoxy groups -OCH3 is 1. The van der Waals surface area contributed by atoms with Crippen molar-refractivity contribution in [1.29, 1.82) is 0 Å². The van der Waals surface area contributed by atoms with Crippen molar-refractivity contribution in [2.45, 2.75) is 39.8 Å². The number of carbonyl (C=O) groups is 3. The summed E-state index contributed by atoms with van der Waals surface area (Å²) >= 11 is 0. The lowest BCUT2D eigenvalue weighted by atomic mass is 10.0. The third-order valence-electron chi connectivity index (χ3n) is 4.42. The summed E-state index contributed by atoms with van der Waals surface area (Å²) in [6, 6.07) is 9.87. The summed E-state index contributed by atoms with van der Waals surface area (Å²) in [5, 5.41) is 2.84. The predicted molar refractivity (Wildman–Crippen MR) is 108 cm³/mol. The molecule has 0 aliphatic rings. The van der Waals surface area contributed by atoms with Gasteiger partial charge in [0.2, 0.25) is 11.8 Å². The van der Waals surface area contributed by atoms with Crippen LogP contribution in [0.25, 0.3) is 0 Å². The van der Waals surface area contributed by atoms with Gasteiger partial charge in [-0.1, -0.05) is 44.2 Å². The fourth-order valence-electron chi connectivity index (χ4n) is 2.99. The molecule has 1 heterocycles. The normalized spacial score (nSPS) is 11.8. The third kappa shape index (κ3) is 5.94. The standard InChI is InChI=1S/C22H28N2O5/c1-14(2)11-19(25)23-20(16-9-7-6-8-10-16)21(26)24(4)13-17-12-18(15(3)29-17)22(27)28-5/h6-10,12,14,20H,11,13H2,1-5H3,(H,23,25). The molecule has 7 nitrogen and oxygen atoms in total. The largest absolute Gasteiger partial charge is 0.465 e. The highest BCUT2D eigenvalue weighted by molar-refractivity contribution is 5.91. The Labute approximate surface area is 171 Å². The van der Waals surface area contributed by atoms with E-state index in [9.17, 15) is 14.4 Å². The van der Waals surface area contributed by atoms with Crippen LogP contribution in [0.3, 0.4) is 0 Å². The highest BCUT2D eigenvalue weighted by Gasteiger charge is 2.27. The van der Waals surface area contributed by atoms with Gasteiger partial charge in [0.15, 0.2) is 0 Å². The molecule has 1 N–H and O–H groups in total. The Hall–Kier alpha value is -3.09. The first kappa shape index (κ1) is 22.2. The summed E-state index contributed by atoms with van der Waals surface area (Å²) < 4.78 is 10.3. The van der Waals surface area contributed by atoms with Gasteiger partial charge in [-0.2, -0.15) is 0 Å². The van der Waals surface area contributed by atoms with E-state index in [0.717, 1.165) is 0 Å².